The van der Waals surface area contributed by atoms with Crippen LogP contribution < -0.4 is 5.32 Å². The van der Waals surface area contributed by atoms with Crippen LogP contribution >= 0.6 is 0 Å². The lowest BCUT2D eigenvalue weighted by Gasteiger charge is -2.25. The zero-order valence-electron chi connectivity index (χ0n) is 18.5. The first-order valence-electron chi connectivity index (χ1n) is 11.1. The zero-order valence-corrected chi connectivity index (χ0v) is 19.3. The van der Waals surface area contributed by atoms with Gasteiger partial charge < -0.3 is 5.32 Å². The lowest BCUT2D eigenvalue weighted by Crippen LogP contribution is -2.35. The first-order valence-corrected chi connectivity index (χ1v) is 12.5. The summed E-state index contributed by atoms with van der Waals surface area (Å²) in [6.45, 7) is 5.72. The van der Waals surface area contributed by atoms with Crippen molar-refractivity contribution >= 4 is 32.7 Å². The molecule has 2 aromatic carbocycles. The molecule has 3 aromatic rings. The Bertz CT molecular complexity index is 1200. The fourth-order valence-electron chi connectivity index (χ4n) is 3.91. The second-order valence-corrected chi connectivity index (χ2v) is 10.4. The number of aryl methyl sites for hydroxylation is 1. The number of nitrogens with zero attached hydrogens (tertiary/aromatic N) is 4. The van der Waals surface area contributed by atoms with Gasteiger partial charge in [-0.1, -0.05) is 37.6 Å². The predicted octanol–water partition coefficient (Wildman–Crippen LogP) is 3.76. The fraction of sp³-hybridized carbons (Fsp3) is 0.435. The van der Waals surface area contributed by atoms with E-state index in [0.29, 0.717) is 36.6 Å². The van der Waals surface area contributed by atoms with Crippen molar-refractivity contribution in [2.24, 2.45) is 0 Å². The number of hydrogen-bond acceptors (Lipinski definition) is 5. The molecule has 1 amide bonds. The van der Waals surface area contributed by atoms with Gasteiger partial charge in [0, 0.05) is 25.2 Å². The molecule has 0 atom stereocenters. The van der Waals surface area contributed by atoms with Crippen molar-refractivity contribution in [2.75, 3.05) is 18.4 Å². The monoisotopic (exact) mass is 455 g/mol. The normalized spacial score (nSPS) is 15.3. The highest BCUT2D eigenvalue weighted by molar-refractivity contribution is 7.89. The number of hydrogen-bond donors (Lipinski definition) is 1. The van der Waals surface area contributed by atoms with E-state index < -0.39 is 10.0 Å². The maximum atomic E-state index is 12.9. The van der Waals surface area contributed by atoms with E-state index in [0.717, 1.165) is 24.9 Å². The Labute approximate surface area is 188 Å². The number of carbonyl (C=O) groups is 1. The summed E-state index contributed by atoms with van der Waals surface area (Å²) in [5.41, 5.74) is 3.19. The number of aromatic nitrogens is 3. The molecule has 1 saturated heterocycles. The van der Waals surface area contributed by atoms with Crippen molar-refractivity contribution in [1.29, 1.82) is 0 Å². The van der Waals surface area contributed by atoms with Gasteiger partial charge >= 0.3 is 0 Å². The van der Waals surface area contributed by atoms with Crippen LogP contribution in [0, 0.1) is 0 Å². The van der Waals surface area contributed by atoms with E-state index in [1.807, 2.05) is 24.3 Å². The molecular formula is C23H29N5O3S. The van der Waals surface area contributed by atoms with Crippen molar-refractivity contribution < 1.29 is 13.2 Å². The Balaban J connectivity index is 1.41. The second-order valence-electron chi connectivity index (χ2n) is 8.50. The molecule has 8 nitrogen and oxygen atoms in total. The summed E-state index contributed by atoms with van der Waals surface area (Å²) in [5, 5.41) is 11.1. The van der Waals surface area contributed by atoms with Crippen LogP contribution in [0.1, 0.15) is 51.0 Å². The van der Waals surface area contributed by atoms with E-state index in [1.54, 1.807) is 27.2 Å². The Morgan fingerprint density at radius 3 is 2.47 bits per heavy atom. The molecule has 1 N–H and O–H groups in total. The molecular weight excluding hydrogens is 426 g/mol. The number of fused-ring (bicyclic) bond motifs is 1. The molecule has 0 spiro atoms. The minimum atomic E-state index is -3.52. The lowest BCUT2D eigenvalue weighted by atomic mass is 10.0. The van der Waals surface area contributed by atoms with E-state index in [2.05, 4.69) is 29.5 Å². The SMILES string of the molecule is CC(C)c1ccc(NC(=O)CCn2nnc3cc(S(=O)(=O)N4CCCCC4)ccc32)cc1. The highest BCUT2D eigenvalue weighted by atomic mass is 32.2. The third kappa shape index (κ3) is 4.83. The van der Waals surface area contributed by atoms with Crippen LogP contribution in [-0.4, -0.2) is 46.7 Å². The van der Waals surface area contributed by atoms with Gasteiger partial charge in [0.25, 0.3) is 0 Å². The molecule has 1 fully saturated rings. The zero-order chi connectivity index (χ0) is 22.7. The second kappa shape index (κ2) is 9.38. The average molecular weight is 456 g/mol. The molecule has 1 aromatic heterocycles. The van der Waals surface area contributed by atoms with Gasteiger partial charge in [-0.2, -0.15) is 4.31 Å². The van der Waals surface area contributed by atoms with Crippen LogP contribution in [0.15, 0.2) is 47.4 Å². The summed E-state index contributed by atoms with van der Waals surface area (Å²) in [4.78, 5) is 12.6. The van der Waals surface area contributed by atoms with E-state index in [9.17, 15) is 13.2 Å². The summed E-state index contributed by atoms with van der Waals surface area (Å²) >= 11 is 0. The quantitative estimate of drug-likeness (QED) is 0.585. The molecule has 0 radical (unpaired) electrons. The molecule has 1 aliphatic heterocycles. The lowest BCUT2D eigenvalue weighted by molar-refractivity contribution is -0.116. The molecule has 32 heavy (non-hydrogen) atoms. The molecule has 4 rings (SSSR count). The standard InChI is InChI=1S/C23H29N5O3S/c1-17(2)18-6-8-19(9-7-18)24-23(29)12-15-28-22-11-10-20(16-21(22)25-26-28)32(30,31)27-13-4-3-5-14-27/h6-11,16-17H,3-5,12-15H2,1-2H3,(H,24,29). The minimum Gasteiger partial charge on any atom is -0.326 e. The Kier molecular flexibility index (Phi) is 6.57. The molecule has 0 aliphatic carbocycles. The van der Waals surface area contributed by atoms with Crippen molar-refractivity contribution in [3.63, 3.8) is 0 Å². The highest BCUT2D eigenvalue weighted by Crippen LogP contribution is 2.23. The first kappa shape index (κ1) is 22.4. The number of carbonyl (C=O) groups excluding carboxylic acids is 1. The molecule has 9 heteroatoms. The van der Waals surface area contributed by atoms with Gasteiger partial charge in [-0.25, -0.2) is 13.1 Å². The molecule has 2 heterocycles. The topological polar surface area (TPSA) is 97.2 Å². The summed E-state index contributed by atoms with van der Waals surface area (Å²) in [6, 6.07) is 12.7. The maximum Gasteiger partial charge on any atom is 0.243 e. The van der Waals surface area contributed by atoms with Crippen LogP contribution in [0.3, 0.4) is 0 Å². The highest BCUT2D eigenvalue weighted by Gasteiger charge is 2.26. The minimum absolute atomic E-state index is 0.116. The van der Waals surface area contributed by atoms with Gasteiger partial charge in [-0.3, -0.25) is 4.79 Å². The molecule has 0 unspecified atom stereocenters. The third-order valence-electron chi connectivity index (χ3n) is 5.85. The van der Waals surface area contributed by atoms with Crippen molar-refractivity contribution in [2.45, 2.75) is 56.9 Å². The van der Waals surface area contributed by atoms with E-state index in [-0.39, 0.29) is 17.2 Å². The van der Waals surface area contributed by atoms with Crippen molar-refractivity contribution in [1.82, 2.24) is 19.3 Å². The summed E-state index contributed by atoms with van der Waals surface area (Å²) < 4.78 is 29.0. The van der Waals surface area contributed by atoms with Gasteiger partial charge in [0.2, 0.25) is 15.9 Å². The molecule has 0 bridgehead atoms. The first-order chi connectivity index (χ1) is 15.3. The number of nitrogens with one attached hydrogen (secondary N) is 1. The van der Waals surface area contributed by atoms with Gasteiger partial charge in [-0.15, -0.1) is 5.10 Å². The number of piperidine rings is 1. The number of sulfonamides is 1. The molecule has 1 aliphatic rings. The average Bonchev–Trinajstić information content (AvgIpc) is 3.21. The largest absolute Gasteiger partial charge is 0.326 e. The van der Waals surface area contributed by atoms with E-state index in [1.165, 1.54) is 5.56 Å². The maximum absolute atomic E-state index is 12.9. The van der Waals surface area contributed by atoms with Gasteiger partial charge in [-0.05, 0) is 54.7 Å². The number of anilines is 1. The van der Waals surface area contributed by atoms with Crippen LogP contribution in [0.5, 0.6) is 0 Å². The van der Waals surface area contributed by atoms with Gasteiger partial charge in [0.1, 0.15) is 5.52 Å². The van der Waals surface area contributed by atoms with Crippen molar-refractivity contribution in [3.8, 4) is 0 Å². The van der Waals surface area contributed by atoms with E-state index >= 15 is 0 Å². The molecule has 170 valence electrons. The number of benzene rings is 2. The summed E-state index contributed by atoms with van der Waals surface area (Å²) in [7, 11) is -3.52. The Morgan fingerprint density at radius 2 is 1.78 bits per heavy atom. The Morgan fingerprint density at radius 1 is 1.06 bits per heavy atom. The predicted molar refractivity (Wildman–Crippen MR) is 124 cm³/mol. The number of amides is 1. The summed E-state index contributed by atoms with van der Waals surface area (Å²) in [6.07, 6.45) is 3.08. The number of rotatable bonds is 7. The smallest absolute Gasteiger partial charge is 0.243 e. The fourth-order valence-corrected chi connectivity index (χ4v) is 5.45. The third-order valence-corrected chi connectivity index (χ3v) is 7.74. The van der Waals surface area contributed by atoms with Gasteiger partial charge in [0.05, 0.1) is 17.0 Å². The summed E-state index contributed by atoms with van der Waals surface area (Å²) in [5.74, 6) is 0.325. The van der Waals surface area contributed by atoms with Crippen LogP contribution in [0.25, 0.3) is 11.0 Å². The van der Waals surface area contributed by atoms with Crippen LogP contribution in [0.2, 0.25) is 0 Å². The molecule has 0 saturated carbocycles. The van der Waals surface area contributed by atoms with E-state index in [4.69, 9.17) is 0 Å². The van der Waals surface area contributed by atoms with Gasteiger partial charge in [0.15, 0.2) is 0 Å². The van der Waals surface area contributed by atoms with Crippen LogP contribution in [0.4, 0.5) is 5.69 Å². The van der Waals surface area contributed by atoms with Crippen LogP contribution in [-0.2, 0) is 21.4 Å². The Hall–Kier alpha value is -2.78. The van der Waals surface area contributed by atoms with Crippen molar-refractivity contribution in [3.05, 3.63) is 48.0 Å².